The second kappa shape index (κ2) is 6.18. The predicted molar refractivity (Wildman–Crippen MR) is 71.9 cm³/mol. The number of nitriles is 1. The maximum Gasteiger partial charge on any atom is 0.231 e. The van der Waals surface area contributed by atoms with Crippen molar-refractivity contribution in [2.24, 2.45) is 11.1 Å². The monoisotopic (exact) mass is 245 g/mol. The summed E-state index contributed by atoms with van der Waals surface area (Å²) < 4.78 is 0. The molecule has 96 valence electrons. The Morgan fingerprint density at radius 1 is 1.33 bits per heavy atom. The Bertz CT molecular complexity index is 433. The Morgan fingerprint density at radius 2 is 1.89 bits per heavy atom. The summed E-state index contributed by atoms with van der Waals surface area (Å²) in [7, 11) is 0. The SMILES string of the molecule is CCC(CC)(CN)C(=O)Nc1ccc(C#N)cc1. The van der Waals surface area contributed by atoms with E-state index in [9.17, 15) is 4.79 Å². The highest BCUT2D eigenvalue weighted by Gasteiger charge is 2.33. The third kappa shape index (κ3) is 2.88. The summed E-state index contributed by atoms with van der Waals surface area (Å²) in [5.41, 5.74) is 6.49. The van der Waals surface area contributed by atoms with Gasteiger partial charge in [-0.15, -0.1) is 0 Å². The van der Waals surface area contributed by atoms with E-state index in [1.807, 2.05) is 19.9 Å². The third-order valence-corrected chi connectivity index (χ3v) is 3.50. The van der Waals surface area contributed by atoms with E-state index in [0.717, 1.165) is 0 Å². The van der Waals surface area contributed by atoms with Crippen molar-refractivity contribution in [3.8, 4) is 6.07 Å². The molecule has 0 saturated carbocycles. The second-order valence-electron chi connectivity index (χ2n) is 4.33. The van der Waals surface area contributed by atoms with Crippen LogP contribution in [0.25, 0.3) is 0 Å². The van der Waals surface area contributed by atoms with Crippen molar-refractivity contribution in [1.29, 1.82) is 5.26 Å². The summed E-state index contributed by atoms with van der Waals surface area (Å²) in [5.74, 6) is -0.0558. The predicted octanol–water partition coefficient (Wildman–Crippen LogP) is 2.26. The number of nitrogens with one attached hydrogen (secondary N) is 1. The van der Waals surface area contributed by atoms with Crippen molar-refractivity contribution in [2.75, 3.05) is 11.9 Å². The van der Waals surface area contributed by atoms with E-state index in [1.54, 1.807) is 24.3 Å². The van der Waals surface area contributed by atoms with Crippen molar-refractivity contribution >= 4 is 11.6 Å². The van der Waals surface area contributed by atoms with Crippen LogP contribution in [0.5, 0.6) is 0 Å². The summed E-state index contributed by atoms with van der Waals surface area (Å²) >= 11 is 0. The lowest BCUT2D eigenvalue weighted by atomic mass is 9.81. The van der Waals surface area contributed by atoms with Crippen molar-refractivity contribution in [3.63, 3.8) is 0 Å². The van der Waals surface area contributed by atoms with E-state index in [1.165, 1.54) is 0 Å². The van der Waals surface area contributed by atoms with E-state index in [0.29, 0.717) is 30.6 Å². The van der Waals surface area contributed by atoms with Crippen LogP contribution in [-0.2, 0) is 4.79 Å². The van der Waals surface area contributed by atoms with E-state index in [2.05, 4.69) is 5.32 Å². The standard InChI is InChI=1S/C14H19N3O/c1-3-14(4-2,10-16)13(18)17-12-7-5-11(9-15)6-8-12/h5-8H,3-4,10,16H2,1-2H3,(H,17,18). The molecular formula is C14H19N3O. The molecule has 0 heterocycles. The Morgan fingerprint density at radius 3 is 2.28 bits per heavy atom. The van der Waals surface area contributed by atoms with Gasteiger partial charge in [-0.25, -0.2) is 0 Å². The number of carbonyl (C=O) groups is 1. The lowest BCUT2D eigenvalue weighted by Gasteiger charge is -2.28. The first-order chi connectivity index (χ1) is 8.61. The van der Waals surface area contributed by atoms with Crippen LogP contribution in [-0.4, -0.2) is 12.5 Å². The summed E-state index contributed by atoms with van der Waals surface area (Å²) in [5, 5.41) is 11.6. The van der Waals surface area contributed by atoms with Gasteiger partial charge in [0.2, 0.25) is 5.91 Å². The van der Waals surface area contributed by atoms with E-state index >= 15 is 0 Å². The van der Waals surface area contributed by atoms with Gasteiger partial charge in [0.05, 0.1) is 17.0 Å². The number of nitrogens with two attached hydrogens (primary N) is 1. The highest BCUT2D eigenvalue weighted by Crippen LogP contribution is 2.26. The largest absolute Gasteiger partial charge is 0.329 e. The number of rotatable bonds is 5. The normalized spacial score (nSPS) is 10.8. The van der Waals surface area contributed by atoms with Crippen LogP contribution in [0, 0.1) is 16.7 Å². The molecule has 0 saturated heterocycles. The average Bonchev–Trinajstić information content (AvgIpc) is 2.42. The van der Waals surface area contributed by atoms with Gasteiger partial charge in [-0.3, -0.25) is 4.79 Å². The van der Waals surface area contributed by atoms with Crippen LogP contribution < -0.4 is 11.1 Å². The van der Waals surface area contributed by atoms with Crippen molar-refractivity contribution in [2.45, 2.75) is 26.7 Å². The molecule has 0 atom stereocenters. The molecule has 4 nitrogen and oxygen atoms in total. The van der Waals surface area contributed by atoms with Gasteiger partial charge in [0.15, 0.2) is 0 Å². The molecule has 0 fully saturated rings. The van der Waals surface area contributed by atoms with Crippen molar-refractivity contribution < 1.29 is 4.79 Å². The number of anilines is 1. The molecule has 0 bridgehead atoms. The molecule has 1 rings (SSSR count). The quantitative estimate of drug-likeness (QED) is 0.835. The zero-order valence-corrected chi connectivity index (χ0v) is 10.9. The molecule has 1 aromatic carbocycles. The highest BCUT2D eigenvalue weighted by molar-refractivity contribution is 5.95. The first kappa shape index (κ1) is 14.2. The summed E-state index contributed by atoms with van der Waals surface area (Å²) in [6.07, 6.45) is 1.42. The number of carbonyl (C=O) groups excluding carboxylic acids is 1. The minimum absolute atomic E-state index is 0.0558. The summed E-state index contributed by atoms with van der Waals surface area (Å²) in [6, 6.07) is 8.85. The first-order valence-corrected chi connectivity index (χ1v) is 6.13. The fourth-order valence-electron chi connectivity index (χ4n) is 1.84. The molecule has 0 aliphatic rings. The van der Waals surface area contributed by atoms with Gasteiger partial charge < -0.3 is 11.1 Å². The molecule has 0 spiro atoms. The molecule has 0 radical (unpaired) electrons. The molecule has 3 N–H and O–H groups in total. The highest BCUT2D eigenvalue weighted by atomic mass is 16.2. The van der Waals surface area contributed by atoms with Crippen LogP contribution in [0.1, 0.15) is 32.3 Å². The van der Waals surface area contributed by atoms with Gasteiger partial charge in [0.25, 0.3) is 0 Å². The molecule has 1 amide bonds. The topological polar surface area (TPSA) is 78.9 Å². The number of benzene rings is 1. The molecule has 1 aromatic rings. The number of nitrogens with zero attached hydrogens (tertiary/aromatic N) is 1. The third-order valence-electron chi connectivity index (χ3n) is 3.50. The van der Waals surface area contributed by atoms with Crippen molar-refractivity contribution in [3.05, 3.63) is 29.8 Å². The smallest absolute Gasteiger partial charge is 0.231 e. The number of hydrogen-bond donors (Lipinski definition) is 2. The number of hydrogen-bond acceptors (Lipinski definition) is 3. The second-order valence-corrected chi connectivity index (χ2v) is 4.33. The van der Waals surface area contributed by atoms with Crippen molar-refractivity contribution in [1.82, 2.24) is 0 Å². The van der Waals surface area contributed by atoms with Gasteiger partial charge in [-0.05, 0) is 37.1 Å². The van der Waals surface area contributed by atoms with Crippen LogP contribution in [0.4, 0.5) is 5.69 Å². The Hall–Kier alpha value is -1.86. The Balaban J connectivity index is 2.83. The molecule has 0 aromatic heterocycles. The van der Waals surface area contributed by atoms with Gasteiger partial charge >= 0.3 is 0 Å². The Kier molecular flexibility index (Phi) is 4.87. The van der Waals surface area contributed by atoms with E-state index in [-0.39, 0.29) is 5.91 Å². The van der Waals surface area contributed by atoms with Gasteiger partial charge in [0.1, 0.15) is 0 Å². The van der Waals surface area contributed by atoms with Crippen LogP contribution in [0.3, 0.4) is 0 Å². The lowest BCUT2D eigenvalue weighted by molar-refractivity contribution is -0.125. The molecule has 0 aliphatic carbocycles. The fraction of sp³-hybridized carbons (Fsp3) is 0.429. The van der Waals surface area contributed by atoms with E-state index < -0.39 is 5.41 Å². The zero-order valence-electron chi connectivity index (χ0n) is 10.9. The molecule has 18 heavy (non-hydrogen) atoms. The van der Waals surface area contributed by atoms with E-state index in [4.69, 9.17) is 11.0 Å². The first-order valence-electron chi connectivity index (χ1n) is 6.13. The minimum atomic E-state index is -0.506. The van der Waals surface area contributed by atoms with Gasteiger partial charge in [-0.1, -0.05) is 13.8 Å². The van der Waals surface area contributed by atoms with Crippen LogP contribution in [0.2, 0.25) is 0 Å². The van der Waals surface area contributed by atoms with Crippen LogP contribution in [0.15, 0.2) is 24.3 Å². The van der Waals surface area contributed by atoms with Crippen LogP contribution >= 0.6 is 0 Å². The molecule has 4 heteroatoms. The molecular weight excluding hydrogens is 226 g/mol. The van der Waals surface area contributed by atoms with Gasteiger partial charge in [-0.2, -0.15) is 5.26 Å². The minimum Gasteiger partial charge on any atom is -0.329 e. The fourth-order valence-corrected chi connectivity index (χ4v) is 1.84. The molecule has 0 unspecified atom stereocenters. The number of amides is 1. The summed E-state index contributed by atoms with van der Waals surface area (Å²) in [4.78, 5) is 12.2. The Labute approximate surface area is 108 Å². The zero-order chi connectivity index (χ0) is 13.6. The molecule has 0 aliphatic heterocycles. The lowest BCUT2D eigenvalue weighted by Crippen LogP contribution is -2.41. The average molecular weight is 245 g/mol. The maximum absolute atomic E-state index is 12.2. The maximum atomic E-state index is 12.2. The summed E-state index contributed by atoms with van der Waals surface area (Å²) in [6.45, 7) is 4.27. The van der Waals surface area contributed by atoms with Gasteiger partial charge in [0, 0.05) is 12.2 Å².